The number of aliphatic hydroxyl groups is 1. The number of thiophene rings is 1. The van der Waals surface area contributed by atoms with E-state index < -0.39 is 0 Å². The lowest BCUT2D eigenvalue weighted by Gasteiger charge is -2.25. The van der Waals surface area contributed by atoms with Crippen molar-refractivity contribution in [3.63, 3.8) is 0 Å². The van der Waals surface area contributed by atoms with Crippen LogP contribution < -0.4 is 4.74 Å². The van der Waals surface area contributed by atoms with E-state index in [2.05, 4.69) is 18.2 Å². The van der Waals surface area contributed by atoms with E-state index in [1.165, 1.54) is 30.9 Å². The average Bonchev–Trinajstić information content (AvgIpc) is 2.93. The van der Waals surface area contributed by atoms with Gasteiger partial charge in [0.25, 0.3) is 0 Å². The third kappa shape index (κ3) is 3.24. The second-order valence-corrected chi connectivity index (χ2v) is 7.74. The molecule has 3 nitrogen and oxygen atoms in total. The molecule has 2 aliphatic rings. The molecule has 1 aromatic carbocycles. The lowest BCUT2D eigenvalue weighted by molar-refractivity contribution is -0.115. The minimum Gasteiger partial charge on any atom is -0.512 e. The van der Waals surface area contributed by atoms with Crippen LogP contribution in [0.5, 0.6) is 10.8 Å². The Kier molecular flexibility index (Phi) is 4.15. The Morgan fingerprint density at radius 1 is 1.08 bits per heavy atom. The Morgan fingerprint density at radius 2 is 1.96 bits per heavy atom. The quantitative estimate of drug-likeness (QED) is 0.777. The molecule has 1 aromatic heterocycles. The van der Waals surface area contributed by atoms with Gasteiger partial charge in [0.15, 0.2) is 10.8 Å². The number of carbonyl (C=O) groups is 1. The predicted molar refractivity (Wildman–Crippen MR) is 95.1 cm³/mol. The summed E-state index contributed by atoms with van der Waals surface area (Å²) < 4.78 is 6.02. The summed E-state index contributed by atoms with van der Waals surface area (Å²) in [6.45, 7) is 0. The molecule has 24 heavy (non-hydrogen) atoms. The second kappa shape index (κ2) is 6.44. The third-order valence-corrected chi connectivity index (χ3v) is 6.01. The summed E-state index contributed by atoms with van der Waals surface area (Å²) in [6, 6.07) is 12.3. The van der Waals surface area contributed by atoms with E-state index in [-0.39, 0.29) is 17.5 Å². The summed E-state index contributed by atoms with van der Waals surface area (Å²) in [6.07, 6.45) is 6.21. The number of carbonyl (C=O) groups excluding carboxylic acids is 1. The molecule has 1 atom stereocenters. The largest absolute Gasteiger partial charge is 0.512 e. The summed E-state index contributed by atoms with van der Waals surface area (Å²) in [5, 5.41) is 10.5. The Balaban J connectivity index is 1.47. The van der Waals surface area contributed by atoms with Crippen LogP contribution in [0.1, 0.15) is 54.4 Å². The molecule has 4 rings (SSSR count). The molecule has 0 saturated heterocycles. The van der Waals surface area contributed by atoms with Gasteiger partial charge in [0.2, 0.25) is 0 Å². The van der Waals surface area contributed by atoms with E-state index >= 15 is 0 Å². The summed E-state index contributed by atoms with van der Waals surface area (Å²) in [5.74, 6) is 1.80. The number of ketones is 1. The van der Waals surface area contributed by atoms with E-state index in [1.807, 2.05) is 18.2 Å². The number of hydrogen-bond donors (Lipinski definition) is 1. The lowest BCUT2D eigenvalue weighted by Crippen LogP contribution is -2.11. The summed E-state index contributed by atoms with van der Waals surface area (Å²) in [7, 11) is 0. The van der Waals surface area contributed by atoms with Gasteiger partial charge in [-0.15, -0.1) is 11.3 Å². The standard InChI is InChI=1S/C20H20O3S/c21-16-9-15(10-17(22)12-16)19-7-8-20(24-19)23-18-6-2-5-14(11-18)13-3-1-4-13/h2,5-8,11-13,15,21H,1,3-4,9-10H2. The van der Waals surface area contributed by atoms with Gasteiger partial charge in [-0.05, 0) is 48.6 Å². The number of rotatable bonds is 4. The molecule has 124 valence electrons. The molecule has 1 N–H and O–H groups in total. The Morgan fingerprint density at radius 3 is 2.71 bits per heavy atom. The van der Waals surface area contributed by atoms with Gasteiger partial charge < -0.3 is 9.84 Å². The number of aliphatic hydroxyl groups excluding tert-OH is 1. The van der Waals surface area contributed by atoms with Crippen molar-refractivity contribution < 1.29 is 14.6 Å². The molecule has 2 aliphatic carbocycles. The van der Waals surface area contributed by atoms with Gasteiger partial charge in [-0.1, -0.05) is 18.6 Å². The summed E-state index contributed by atoms with van der Waals surface area (Å²) in [5.41, 5.74) is 1.36. The Labute approximate surface area is 145 Å². The number of hydrogen-bond acceptors (Lipinski definition) is 4. The van der Waals surface area contributed by atoms with E-state index in [0.29, 0.717) is 18.8 Å². The molecule has 1 unspecified atom stereocenters. The molecule has 0 bridgehead atoms. The Hall–Kier alpha value is -2.07. The van der Waals surface area contributed by atoms with Crippen LogP contribution in [0, 0.1) is 0 Å². The fourth-order valence-electron chi connectivity index (χ4n) is 3.37. The molecule has 1 fully saturated rings. The van der Waals surface area contributed by atoms with Crippen molar-refractivity contribution in [3.8, 4) is 10.8 Å². The van der Waals surface area contributed by atoms with Crippen LogP contribution in [-0.2, 0) is 4.79 Å². The molecule has 0 radical (unpaired) electrons. The van der Waals surface area contributed by atoms with Crippen molar-refractivity contribution in [2.45, 2.75) is 43.9 Å². The van der Waals surface area contributed by atoms with Gasteiger partial charge in [-0.25, -0.2) is 0 Å². The van der Waals surface area contributed by atoms with Gasteiger partial charge in [0, 0.05) is 29.7 Å². The maximum atomic E-state index is 11.6. The summed E-state index contributed by atoms with van der Waals surface area (Å²) >= 11 is 1.56. The van der Waals surface area contributed by atoms with Crippen molar-refractivity contribution in [2.75, 3.05) is 0 Å². The van der Waals surface area contributed by atoms with Crippen LogP contribution in [0.2, 0.25) is 0 Å². The third-order valence-electron chi connectivity index (χ3n) is 4.89. The van der Waals surface area contributed by atoms with Gasteiger partial charge in [-0.3, -0.25) is 4.79 Å². The molecular formula is C20H20O3S. The molecule has 4 heteroatoms. The van der Waals surface area contributed by atoms with Crippen molar-refractivity contribution in [1.29, 1.82) is 0 Å². The predicted octanol–water partition coefficient (Wildman–Crippen LogP) is 5.70. The first kappa shape index (κ1) is 15.5. The zero-order chi connectivity index (χ0) is 16.5. The maximum absolute atomic E-state index is 11.6. The van der Waals surface area contributed by atoms with Crippen molar-refractivity contribution >= 4 is 17.1 Å². The average molecular weight is 340 g/mol. The normalized spacial score (nSPS) is 21.2. The molecule has 0 aliphatic heterocycles. The molecule has 1 heterocycles. The minimum atomic E-state index is -0.00665. The van der Waals surface area contributed by atoms with E-state index in [0.717, 1.165) is 15.7 Å². The topological polar surface area (TPSA) is 46.5 Å². The molecule has 1 saturated carbocycles. The first-order chi connectivity index (χ1) is 11.7. The highest BCUT2D eigenvalue weighted by Gasteiger charge is 2.24. The number of benzene rings is 1. The molecule has 2 aromatic rings. The zero-order valence-electron chi connectivity index (χ0n) is 13.4. The number of ether oxygens (including phenoxy) is 1. The van der Waals surface area contributed by atoms with Crippen LogP contribution in [0.4, 0.5) is 0 Å². The highest BCUT2D eigenvalue weighted by atomic mass is 32.1. The van der Waals surface area contributed by atoms with Gasteiger partial charge in [0.05, 0.1) is 5.76 Å². The summed E-state index contributed by atoms with van der Waals surface area (Å²) in [4.78, 5) is 12.7. The van der Waals surface area contributed by atoms with E-state index in [4.69, 9.17) is 4.74 Å². The van der Waals surface area contributed by atoms with Gasteiger partial charge in [0.1, 0.15) is 5.75 Å². The van der Waals surface area contributed by atoms with Crippen LogP contribution >= 0.6 is 11.3 Å². The molecular weight excluding hydrogens is 320 g/mol. The molecule has 0 amide bonds. The van der Waals surface area contributed by atoms with Gasteiger partial charge >= 0.3 is 0 Å². The molecule has 0 spiro atoms. The van der Waals surface area contributed by atoms with Crippen LogP contribution in [0.3, 0.4) is 0 Å². The van der Waals surface area contributed by atoms with E-state index in [1.54, 1.807) is 11.3 Å². The fraction of sp³-hybridized carbons (Fsp3) is 0.350. The van der Waals surface area contributed by atoms with Crippen LogP contribution in [-0.4, -0.2) is 10.9 Å². The lowest BCUT2D eigenvalue weighted by atomic mass is 9.80. The van der Waals surface area contributed by atoms with Crippen molar-refractivity contribution in [2.24, 2.45) is 0 Å². The van der Waals surface area contributed by atoms with E-state index in [9.17, 15) is 9.90 Å². The maximum Gasteiger partial charge on any atom is 0.181 e. The second-order valence-electron chi connectivity index (χ2n) is 6.67. The van der Waals surface area contributed by atoms with Crippen LogP contribution in [0.15, 0.2) is 48.2 Å². The van der Waals surface area contributed by atoms with Crippen molar-refractivity contribution in [3.05, 3.63) is 58.7 Å². The van der Waals surface area contributed by atoms with Crippen molar-refractivity contribution in [1.82, 2.24) is 0 Å². The first-order valence-corrected chi connectivity index (χ1v) is 9.29. The Bertz CT molecular complexity index is 786. The fourth-order valence-corrected chi connectivity index (χ4v) is 4.35. The van der Waals surface area contributed by atoms with Gasteiger partial charge in [-0.2, -0.15) is 0 Å². The minimum absolute atomic E-state index is 0.00665. The highest BCUT2D eigenvalue weighted by molar-refractivity contribution is 7.13. The number of allylic oxidation sites excluding steroid dienone is 2. The zero-order valence-corrected chi connectivity index (χ0v) is 14.2. The monoisotopic (exact) mass is 340 g/mol. The first-order valence-electron chi connectivity index (χ1n) is 8.47. The van der Waals surface area contributed by atoms with Crippen LogP contribution in [0.25, 0.3) is 0 Å². The smallest absolute Gasteiger partial charge is 0.181 e. The SMILES string of the molecule is O=C1C=C(O)CC(c2ccc(Oc3cccc(C4CCC4)c3)s2)C1. The highest BCUT2D eigenvalue weighted by Crippen LogP contribution is 2.40.